The van der Waals surface area contributed by atoms with Gasteiger partial charge in [-0.25, -0.2) is 0 Å². The van der Waals surface area contributed by atoms with Crippen LogP contribution in [0.25, 0.3) is 0 Å². The molecule has 1 rings (SSSR count). The van der Waals surface area contributed by atoms with Crippen LogP contribution in [0.5, 0.6) is 0 Å². The van der Waals surface area contributed by atoms with Crippen molar-refractivity contribution in [2.24, 2.45) is 0 Å². The van der Waals surface area contributed by atoms with Gasteiger partial charge in [0.15, 0.2) is 0 Å². The largest absolute Gasteiger partial charge is 0.397 e. The van der Waals surface area contributed by atoms with Crippen molar-refractivity contribution in [3.8, 4) is 0 Å². The van der Waals surface area contributed by atoms with E-state index in [0.717, 1.165) is 45.3 Å². The molecule has 0 amide bonds. The molecule has 43 heavy (non-hydrogen) atoms. The van der Waals surface area contributed by atoms with Gasteiger partial charge in [0.05, 0.1) is 27.1 Å². The number of benzene rings is 1. The molecule has 1 aromatic carbocycles. The van der Waals surface area contributed by atoms with Gasteiger partial charge in [-0.1, -0.05) is 56.1 Å². The Morgan fingerprint density at radius 2 is 1.47 bits per heavy atom. The van der Waals surface area contributed by atoms with Gasteiger partial charge in [-0.15, -0.1) is 0 Å². The van der Waals surface area contributed by atoms with Gasteiger partial charge in [0, 0.05) is 61.3 Å². The molecule has 0 aromatic heterocycles. The van der Waals surface area contributed by atoms with Crippen LogP contribution in [0, 0.1) is 0 Å². The van der Waals surface area contributed by atoms with Gasteiger partial charge in [0.1, 0.15) is 0 Å². The van der Waals surface area contributed by atoms with Crippen LogP contribution in [-0.2, 0) is 24.1 Å². The van der Waals surface area contributed by atoms with Crippen LogP contribution in [0.1, 0.15) is 57.7 Å². The molecule has 1 N–H and O–H groups in total. The Hall–Kier alpha value is 0.121. The molecule has 0 fully saturated rings. The summed E-state index contributed by atoms with van der Waals surface area (Å²) >= 11 is 0. The highest BCUT2D eigenvalue weighted by atomic mass is 28.4. The average Bonchev–Trinajstić information content (AvgIpc) is 2.97. The molecule has 0 aliphatic heterocycles. The molecule has 0 saturated heterocycles. The second-order valence-electron chi connectivity index (χ2n) is 12.8. The number of rotatable bonds is 23. The first-order valence-corrected chi connectivity index (χ1v) is 32.2. The van der Waals surface area contributed by atoms with Gasteiger partial charge in [0.25, 0.3) is 0 Å². The molecule has 1 aromatic rings. The maximum atomic E-state index is 6.22. The minimum Gasteiger partial charge on any atom is -0.397 e. The number of nitrogens with zero attached hydrogens (tertiary/aromatic N) is 1. The van der Waals surface area contributed by atoms with E-state index in [0.29, 0.717) is 5.54 Å². The lowest BCUT2D eigenvalue weighted by Crippen LogP contribution is -2.56. The summed E-state index contributed by atoms with van der Waals surface area (Å²) in [5.74, 6) is 0. The Bertz CT molecular complexity index is 940. The molecule has 0 saturated carbocycles. The van der Waals surface area contributed by atoms with Crippen LogP contribution in [0.4, 0.5) is 5.69 Å². The lowest BCUT2D eigenvalue weighted by atomic mass is 10.0. The molecule has 1 unspecified atom stereocenters. The third kappa shape index (κ3) is 11.1. The number of hydrogen-bond acceptors (Lipinski definition) is 6. The number of anilines is 1. The van der Waals surface area contributed by atoms with Crippen molar-refractivity contribution in [1.82, 2.24) is 5.32 Å². The molecule has 0 heterocycles. The standard InChI is InChI=1S/C31H70N2O4Si6/c1-15-33(16-2)28-26(20-22-39-24-32-21-19-23-42(13,36-17-3)37-18-4)29(38-8)31(41(11)12)27(30(28)40(9)10)25(5)43(14,34-6)35-7/h25,32,40-41H,15-24,38-39H2,1-14H3. The van der Waals surface area contributed by atoms with Crippen molar-refractivity contribution in [3.05, 3.63) is 11.1 Å². The van der Waals surface area contributed by atoms with E-state index in [9.17, 15) is 0 Å². The predicted molar refractivity (Wildman–Crippen MR) is 209 cm³/mol. The van der Waals surface area contributed by atoms with E-state index in [2.05, 4.69) is 90.7 Å². The lowest BCUT2D eigenvalue weighted by Gasteiger charge is -2.39. The van der Waals surface area contributed by atoms with E-state index in [1.165, 1.54) is 18.6 Å². The van der Waals surface area contributed by atoms with Crippen molar-refractivity contribution in [2.45, 2.75) is 111 Å². The maximum absolute atomic E-state index is 6.22. The summed E-state index contributed by atoms with van der Waals surface area (Å²) in [5.41, 5.74) is 5.39. The van der Waals surface area contributed by atoms with Crippen LogP contribution in [-0.4, -0.2) is 107 Å². The monoisotopic (exact) mass is 702 g/mol. The SMILES string of the molecule is CCO[Si](C)(CCCNC[SiH2]CCc1c([SiH2]C)c([SiH](C)C)c(C(C)[Si](C)(OC)OC)c([SiH](C)C)c1N(CC)CC)OCC. The zero-order chi connectivity index (χ0) is 32.8. The van der Waals surface area contributed by atoms with Crippen molar-refractivity contribution >= 4 is 75.0 Å². The Morgan fingerprint density at radius 3 is 1.91 bits per heavy atom. The quantitative estimate of drug-likeness (QED) is 0.140. The average molecular weight is 703 g/mol. The van der Waals surface area contributed by atoms with Gasteiger partial charge in [-0.3, -0.25) is 0 Å². The van der Waals surface area contributed by atoms with Crippen LogP contribution in [0.2, 0.25) is 57.9 Å². The van der Waals surface area contributed by atoms with Gasteiger partial charge in [-0.05, 0) is 88.7 Å². The Balaban J connectivity index is 3.39. The minimum atomic E-state index is -2.37. The van der Waals surface area contributed by atoms with E-state index >= 15 is 0 Å². The Labute approximate surface area is 277 Å². The fourth-order valence-electron chi connectivity index (χ4n) is 6.89. The van der Waals surface area contributed by atoms with Crippen molar-refractivity contribution in [1.29, 1.82) is 0 Å². The zero-order valence-corrected chi connectivity index (χ0v) is 37.9. The molecule has 12 heteroatoms. The molecule has 0 radical (unpaired) electrons. The van der Waals surface area contributed by atoms with Crippen LogP contribution in [0.15, 0.2) is 0 Å². The van der Waals surface area contributed by atoms with E-state index in [1.54, 1.807) is 27.2 Å². The highest BCUT2D eigenvalue weighted by Gasteiger charge is 2.42. The third-order valence-electron chi connectivity index (χ3n) is 9.34. The van der Waals surface area contributed by atoms with Gasteiger partial charge < -0.3 is 27.9 Å². The van der Waals surface area contributed by atoms with Crippen molar-refractivity contribution in [3.63, 3.8) is 0 Å². The summed E-state index contributed by atoms with van der Waals surface area (Å²) in [5, 5.41) is 9.13. The summed E-state index contributed by atoms with van der Waals surface area (Å²) < 4.78 is 24.5. The summed E-state index contributed by atoms with van der Waals surface area (Å²) in [4.78, 5) is 2.71. The molecule has 0 bridgehead atoms. The summed E-state index contributed by atoms with van der Waals surface area (Å²) in [6, 6.07) is 2.45. The zero-order valence-electron chi connectivity index (χ0n) is 30.8. The van der Waals surface area contributed by atoms with Crippen LogP contribution < -0.4 is 25.8 Å². The van der Waals surface area contributed by atoms with Gasteiger partial charge in [-0.2, -0.15) is 0 Å². The maximum Gasteiger partial charge on any atom is 0.341 e. The normalized spacial score (nSPS) is 14.0. The van der Waals surface area contributed by atoms with Gasteiger partial charge >= 0.3 is 17.1 Å². The van der Waals surface area contributed by atoms with E-state index in [-0.39, 0.29) is 19.0 Å². The minimum absolute atomic E-state index is 0.185. The number of hydrogen-bond donors (Lipinski definition) is 1. The van der Waals surface area contributed by atoms with E-state index < -0.39 is 34.7 Å². The second kappa shape index (κ2) is 20.4. The number of nitrogens with one attached hydrogen (secondary N) is 1. The Morgan fingerprint density at radius 1 is 0.907 bits per heavy atom. The smallest absolute Gasteiger partial charge is 0.341 e. The van der Waals surface area contributed by atoms with Gasteiger partial charge in [0.2, 0.25) is 0 Å². The van der Waals surface area contributed by atoms with Crippen LogP contribution >= 0.6 is 0 Å². The first-order chi connectivity index (χ1) is 20.4. The third-order valence-corrected chi connectivity index (χ3v) is 22.9. The fraction of sp³-hybridized carbons (Fsp3) is 0.806. The lowest BCUT2D eigenvalue weighted by molar-refractivity contribution is 0.188. The summed E-state index contributed by atoms with van der Waals surface area (Å²) in [7, 11) is -3.44. The molecule has 0 aliphatic carbocycles. The molecule has 1 atom stereocenters. The first-order valence-electron chi connectivity index (χ1n) is 17.4. The topological polar surface area (TPSA) is 52.2 Å². The van der Waals surface area contributed by atoms with E-state index in [4.69, 9.17) is 17.7 Å². The highest BCUT2D eigenvalue weighted by Crippen LogP contribution is 2.31. The fourth-order valence-corrected chi connectivity index (χ4v) is 19.9. The van der Waals surface area contributed by atoms with Crippen molar-refractivity contribution < 1.29 is 17.7 Å². The second-order valence-corrected chi connectivity index (χ2v) is 29.0. The summed E-state index contributed by atoms with van der Waals surface area (Å²) in [6.07, 6.45) is 3.62. The van der Waals surface area contributed by atoms with Crippen molar-refractivity contribution in [2.75, 3.05) is 58.1 Å². The van der Waals surface area contributed by atoms with Crippen LogP contribution in [0.3, 0.4) is 0 Å². The summed E-state index contributed by atoms with van der Waals surface area (Å²) in [6.45, 7) is 33.3. The molecule has 0 spiro atoms. The Kier molecular flexibility index (Phi) is 19.5. The van der Waals surface area contributed by atoms with E-state index in [1.807, 2.05) is 19.4 Å². The predicted octanol–water partition coefficient (Wildman–Crippen LogP) is 2.98. The molecule has 252 valence electrons. The molecule has 0 aliphatic rings. The molecular weight excluding hydrogens is 633 g/mol. The highest BCUT2D eigenvalue weighted by molar-refractivity contribution is 6.81. The molecular formula is C31H70N2O4Si6. The molecule has 6 nitrogen and oxygen atoms in total. The first kappa shape index (κ1) is 41.1.